The van der Waals surface area contributed by atoms with Gasteiger partial charge in [0, 0.05) is 13.5 Å². The summed E-state index contributed by atoms with van der Waals surface area (Å²) in [6.07, 6.45) is 0.285. The fourth-order valence-corrected chi connectivity index (χ4v) is 2.93. The highest BCUT2D eigenvalue weighted by Crippen LogP contribution is 2.39. The molecule has 4 nitrogen and oxygen atoms in total. The quantitative estimate of drug-likeness (QED) is 0.496. The Bertz CT molecular complexity index is 726. The third-order valence-electron chi connectivity index (χ3n) is 4.22. The topological polar surface area (TPSA) is 46.6 Å². The molecule has 0 spiro atoms. The molecular weight excluding hydrogens is 278 g/mol. The Morgan fingerprint density at radius 3 is 2.41 bits per heavy atom. The number of rotatable bonds is 3. The number of anilines is 1. The van der Waals surface area contributed by atoms with Gasteiger partial charge in [-0.15, -0.1) is 0 Å². The molecule has 1 atom stereocenters. The molecule has 22 heavy (non-hydrogen) atoms. The number of ether oxygens (including phenoxy) is 1. The molecule has 1 aliphatic rings. The van der Waals surface area contributed by atoms with Crippen LogP contribution in [0.15, 0.2) is 54.6 Å². The average Bonchev–Trinajstić information content (AvgIpc) is 2.52. The number of hydrogen-bond donors (Lipinski definition) is 0. The molecule has 112 valence electrons. The van der Waals surface area contributed by atoms with Crippen LogP contribution in [0.3, 0.4) is 0 Å². The number of fused-ring (bicyclic) bond motifs is 1. The molecule has 1 unspecified atom stereocenters. The predicted octanol–water partition coefficient (Wildman–Crippen LogP) is 2.61. The Labute approximate surface area is 129 Å². The first-order valence-corrected chi connectivity index (χ1v) is 7.16. The van der Waals surface area contributed by atoms with Crippen molar-refractivity contribution >= 4 is 17.4 Å². The minimum Gasteiger partial charge on any atom is -0.422 e. The van der Waals surface area contributed by atoms with E-state index in [1.165, 1.54) is 6.92 Å². The molecule has 0 radical (unpaired) electrons. The highest BCUT2D eigenvalue weighted by Gasteiger charge is 2.52. The summed E-state index contributed by atoms with van der Waals surface area (Å²) < 4.78 is 5.45. The van der Waals surface area contributed by atoms with E-state index in [2.05, 4.69) is 0 Å². The van der Waals surface area contributed by atoms with Crippen molar-refractivity contribution in [1.82, 2.24) is 0 Å². The van der Waals surface area contributed by atoms with Gasteiger partial charge < -0.3 is 9.64 Å². The van der Waals surface area contributed by atoms with Gasteiger partial charge in [0.15, 0.2) is 11.5 Å². The maximum absolute atomic E-state index is 12.7. The maximum atomic E-state index is 12.7. The Morgan fingerprint density at radius 1 is 1.09 bits per heavy atom. The molecular formula is C18H17NO3. The first-order chi connectivity index (χ1) is 10.6. The van der Waals surface area contributed by atoms with Crippen LogP contribution in [0.5, 0.6) is 5.75 Å². The summed E-state index contributed by atoms with van der Waals surface area (Å²) >= 11 is 0. The second kappa shape index (κ2) is 5.30. The lowest BCUT2D eigenvalue weighted by Crippen LogP contribution is -2.63. The molecule has 2 aromatic rings. The molecule has 0 saturated heterocycles. The van der Waals surface area contributed by atoms with Crippen molar-refractivity contribution < 1.29 is 14.3 Å². The van der Waals surface area contributed by atoms with Gasteiger partial charge in [-0.25, -0.2) is 4.79 Å². The van der Waals surface area contributed by atoms with Crippen LogP contribution in [-0.4, -0.2) is 24.3 Å². The van der Waals surface area contributed by atoms with Crippen LogP contribution < -0.4 is 9.64 Å². The van der Waals surface area contributed by atoms with Gasteiger partial charge >= 0.3 is 5.97 Å². The van der Waals surface area contributed by atoms with Crippen molar-refractivity contribution in [3.05, 3.63) is 60.2 Å². The molecule has 3 rings (SSSR count). The van der Waals surface area contributed by atoms with Crippen molar-refractivity contribution in [2.75, 3.05) is 11.9 Å². The van der Waals surface area contributed by atoms with E-state index >= 15 is 0 Å². The summed E-state index contributed by atoms with van der Waals surface area (Å²) in [4.78, 5) is 26.8. The van der Waals surface area contributed by atoms with Crippen molar-refractivity contribution in [2.45, 2.75) is 18.9 Å². The largest absolute Gasteiger partial charge is 0.422 e. The summed E-state index contributed by atoms with van der Waals surface area (Å²) in [6, 6.07) is 16.8. The molecule has 4 heteroatoms. The molecule has 0 aromatic heterocycles. The molecule has 2 aromatic carbocycles. The highest BCUT2D eigenvalue weighted by molar-refractivity contribution is 6.13. The number of Topliss-reactive ketones (excluding diaryl/α,β-unsaturated/α-hetero) is 1. The minimum atomic E-state index is -1.32. The fraction of sp³-hybridized carbons (Fsp3) is 0.222. The van der Waals surface area contributed by atoms with Crippen LogP contribution in [0, 0.1) is 0 Å². The van der Waals surface area contributed by atoms with Crippen LogP contribution in [0.2, 0.25) is 0 Å². The molecule has 1 heterocycles. The zero-order valence-corrected chi connectivity index (χ0v) is 12.6. The Balaban J connectivity index is 2.11. The molecule has 1 aliphatic heterocycles. The Kier molecular flexibility index (Phi) is 3.45. The van der Waals surface area contributed by atoms with E-state index < -0.39 is 11.5 Å². The van der Waals surface area contributed by atoms with E-state index in [1.807, 2.05) is 42.5 Å². The third-order valence-corrected chi connectivity index (χ3v) is 4.22. The lowest BCUT2D eigenvalue weighted by atomic mass is 9.84. The number of esters is 1. The zero-order valence-electron chi connectivity index (χ0n) is 12.6. The van der Waals surface area contributed by atoms with E-state index in [-0.39, 0.29) is 12.2 Å². The second-order valence-corrected chi connectivity index (χ2v) is 5.50. The second-order valence-electron chi connectivity index (χ2n) is 5.50. The summed E-state index contributed by atoms with van der Waals surface area (Å²) in [5, 5.41) is 0. The summed E-state index contributed by atoms with van der Waals surface area (Å²) in [6.45, 7) is 1.44. The number of carbonyl (C=O) groups excluding carboxylic acids is 2. The van der Waals surface area contributed by atoms with Gasteiger partial charge in [0.2, 0.25) is 5.54 Å². The van der Waals surface area contributed by atoms with Crippen LogP contribution in [0.1, 0.15) is 12.5 Å². The first-order valence-electron chi connectivity index (χ1n) is 7.16. The van der Waals surface area contributed by atoms with Crippen molar-refractivity contribution in [3.63, 3.8) is 0 Å². The summed E-state index contributed by atoms with van der Waals surface area (Å²) in [5.41, 5.74) is 0.338. The number of likely N-dealkylation sites (N-methyl/N-ethyl adjacent to an activating group) is 1. The zero-order chi connectivity index (χ0) is 15.7. The molecule has 0 bridgehead atoms. The van der Waals surface area contributed by atoms with Gasteiger partial charge in [0.05, 0.1) is 5.69 Å². The van der Waals surface area contributed by atoms with Crippen molar-refractivity contribution in [3.8, 4) is 5.75 Å². The molecule has 0 N–H and O–H groups in total. The number of para-hydroxylation sites is 2. The van der Waals surface area contributed by atoms with Gasteiger partial charge in [0.25, 0.3) is 0 Å². The predicted molar refractivity (Wildman–Crippen MR) is 84.0 cm³/mol. The molecule has 0 amide bonds. The van der Waals surface area contributed by atoms with E-state index in [0.29, 0.717) is 5.75 Å². The summed E-state index contributed by atoms with van der Waals surface area (Å²) in [7, 11) is 1.77. The minimum absolute atomic E-state index is 0.224. The molecule has 0 saturated carbocycles. The van der Waals surface area contributed by atoms with E-state index in [4.69, 9.17) is 4.74 Å². The SMILES string of the molecule is CC(=O)C1(Cc2ccccc2)C(=O)Oc2ccccc2N1C. The average molecular weight is 295 g/mol. The van der Waals surface area contributed by atoms with E-state index in [0.717, 1.165) is 11.3 Å². The van der Waals surface area contributed by atoms with Gasteiger partial charge in [-0.05, 0) is 24.6 Å². The fourth-order valence-electron chi connectivity index (χ4n) is 2.93. The molecule has 0 fully saturated rings. The van der Waals surface area contributed by atoms with E-state index in [1.54, 1.807) is 24.1 Å². The van der Waals surface area contributed by atoms with E-state index in [9.17, 15) is 9.59 Å². The number of hydrogen-bond acceptors (Lipinski definition) is 4. The number of benzene rings is 2. The maximum Gasteiger partial charge on any atom is 0.345 e. The van der Waals surface area contributed by atoms with Crippen LogP contribution in [0.25, 0.3) is 0 Å². The Morgan fingerprint density at radius 2 is 1.73 bits per heavy atom. The Hall–Kier alpha value is -2.62. The van der Waals surface area contributed by atoms with Gasteiger partial charge in [-0.1, -0.05) is 42.5 Å². The highest BCUT2D eigenvalue weighted by atomic mass is 16.5. The van der Waals surface area contributed by atoms with Crippen molar-refractivity contribution in [2.24, 2.45) is 0 Å². The first kappa shape index (κ1) is 14.3. The normalized spacial score (nSPS) is 20.3. The standard InChI is InChI=1S/C18H17NO3/c1-13(20)18(12-14-8-4-3-5-9-14)17(21)22-16-11-7-6-10-15(16)19(18)2/h3-11H,12H2,1-2H3. The van der Waals surface area contributed by atoms with Crippen molar-refractivity contribution in [1.29, 1.82) is 0 Å². The smallest absolute Gasteiger partial charge is 0.345 e. The van der Waals surface area contributed by atoms with Crippen LogP contribution in [0.4, 0.5) is 5.69 Å². The summed E-state index contributed by atoms with van der Waals surface area (Å²) in [5.74, 6) is -0.261. The van der Waals surface area contributed by atoms with Gasteiger partial charge in [0.1, 0.15) is 0 Å². The van der Waals surface area contributed by atoms with Gasteiger partial charge in [-0.3, -0.25) is 4.79 Å². The van der Waals surface area contributed by atoms with Gasteiger partial charge in [-0.2, -0.15) is 0 Å². The monoisotopic (exact) mass is 295 g/mol. The van der Waals surface area contributed by atoms with Crippen LogP contribution in [-0.2, 0) is 16.0 Å². The molecule has 0 aliphatic carbocycles. The number of nitrogens with zero attached hydrogens (tertiary/aromatic N) is 1. The third kappa shape index (κ3) is 2.08. The lowest BCUT2D eigenvalue weighted by Gasteiger charge is -2.43. The lowest BCUT2D eigenvalue weighted by molar-refractivity contribution is -0.146. The number of carbonyl (C=O) groups is 2. The van der Waals surface area contributed by atoms with Crippen LogP contribution >= 0.6 is 0 Å². The number of ketones is 1.